The fraction of sp³-hybridized carbons (Fsp3) is 0.923. The molecule has 0 aromatic rings. The molecule has 18 heavy (non-hydrogen) atoms. The summed E-state index contributed by atoms with van der Waals surface area (Å²) in [6.45, 7) is 11.0. The molecule has 1 amide bonds. The fourth-order valence-electron chi connectivity index (χ4n) is 1.74. The summed E-state index contributed by atoms with van der Waals surface area (Å²) in [5.74, 6) is 3.07. The summed E-state index contributed by atoms with van der Waals surface area (Å²) in [7, 11) is 0. The minimum absolute atomic E-state index is 0.102. The van der Waals surface area contributed by atoms with Gasteiger partial charge in [0.1, 0.15) is 0 Å². The van der Waals surface area contributed by atoms with Gasteiger partial charge in [-0.3, -0.25) is 4.79 Å². The molecule has 0 aliphatic carbocycles. The van der Waals surface area contributed by atoms with Crippen LogP contribution < -0.4 is 10.6 Å². The van der Waals surface area contributed by atoms with E-state index in [1.54, 1.807) is 0 Å². The van der Waals surface area contributed by atoms with Crippen LogP contribution in [0, 0.1) is 5.92 Å². The van der Waals surface area contributed by atoms with Gasteiger partial charge in [0.05, 0.1) is 6.54 Å². The number of hydrogen-bond donors (Lipinski definition) is 2. The maximum absolute atomic E-state index is 11.6. The highest BCUT2D eigenvalue weighted by atomic mass is 32.2. The summed E-state index contributed by atoms with van der Waals surface area (Å²) < 4.78 is 0. The Morgan fingerprint density at radius 3 is 2.56 bits per heavy atom. The lowest BCUT2D eigenvalue weighted by Gasteiger charge is -2.26. The van der Waals surface area contributed by atoms with E-state index in [2.05, 4.69) is 29.4 Å². The number of amides is 1. The van der Waals surface area contributed by atoms with Crippen molar-refractivity contribution < 1.29 is 4.79 Å². The first-order valence-electron chi connectivity index (χ1n) is 6.89. The predicted molar refractivity (Wildman–Crippen MR) is 79.1 cm³/mol. The molecule has 0 aromatic heterocycles. The fourth-order valence-corrected chi connectivity index (χ4v) is 2.71. The quantitative estimate of drug-likeness (QED) is 0.673. The Morgan fingerprint density at radius 1 is 1.28 bits per heavy atom. The number of carbonyl (C=O) groups excluding carboxylic acids is 1. The van der Waals surface area contributed by atoms with Crippen molar-refractivity contribution in [1.29, 1.82) is 0 Å². The zero-order valence-electron chi connectivity index (χ0n) is 11.9. The summed E-state index contributed by atoms with van der Waals surface area (Å²) in [6, 6.07) is 0.249. The van der Waals surface area contributed by atoms with Gasteiger partial charge >= 0.3 is 0 Å². The van der Waals surface area contributed by atoms with Crippen molar-refractivity contribution in [2.75, 3.05) is 44.2 Å². The predicted octanol–water partition coefficient (Wildman–Crippen LogP) is 0.786. The van der Waals surface area contributed by atoms with Crippen LogP contribution in [0.25, 0.3) is 0 Å². The molecule has 0 spiro atoms. The highest BCUT2D eigenvalue weighted by Crippen LogP contribution is 2.07. The van der Waals surface area contributed by atoms with Crippen LogP contribution in [0.1, 0.15) is 20.8 Å². The molecule has 106 valence electrons. The lowest BCUT2D eigenvalue weighted by atomic mass is 10.1. The summed E-state index contributed by atoms with van der Waals surface area (Å²) in [5.41, 5.74) is 0. The van der Waals surface area contributed by atoms with Gasteiger partial charge in [0.2, 0.25) is 5.91 Å². The zero-order chi connectivity index (χ0) is 13.4. The van der Waals surface area contributed by atoms with E-state index in [1.807, 2.05) is 18.7 Å². The lowest BCUT2D eigenvalue weighted by molar-refractivity contribution is -0.121. The molecule has 1 heterocycles. The summed E-state index contributed by atoms with van der Waals surface area (Å²) >= 11 is 2.03. The van der Waals surface area contributed by atoms with Crippen molar-refractivity contribution in [1.82, 2.24) is 15.5 Å². The Labute approximate surface area is 115 Å². The van der Waals surface area contributed by atoms with Crippen molar-refractivity contribution in [2.45, 2.75) is 26.8 Å². The molecule has 1 rings (SSSR count). The zero-order valence-corrected chi connectivity index (χ0v) is 12.7. The van der Waals surface area contributed by atoms with Crippen LogP contribution >= 0.6 is 11.8 Å². The van der Waals surface area contributed by atoms with Crippen molar-refractivity contribution in [3.05, 3.63) is 0 Å². The standard InChI is InChI=1S/C13H27N3OS/c1-11(2)12(3)15-13(17)10-14-4-5-16-6-8-18-9-7-16/h11-12,14H,4-10H2,1-3H3,(H,15,17). The van der Waals surface area contributed by atoms with E-state index < -0.39 is 0 Å². The van der Waals surface area contributed by atoms with E-state index >= 15 is 0 Å². The molecule has 4 nitrogen and oxygen atoms in total. The van der Waals surface area contributed by atoms with Gasteiger partial charge in [-0.05, 0) is 12.8 Å². The van der Waals surface area contributed by atoms with Crippen molar-refractivity contribution in [3.8, 4) is 0 Å². The lowest BCUT2D eigenvalue weighted by Crippen LogP contribution is -2.43. The monoisotopic (exact) mass is 273 g/mol. The van der Waals surface area contributed by atoms with E-state index in [1.165, 1.54) is 24.6 Å². The molecule has 0 radical (unpaired) electrons. The first-order chi connectivity index (χ1) is 8.59. The Bertz CT molecular complexity index is 242. The average molecular weight is 273 g/mol. The number of rotatable bonds is 7. The molecule has 1 atom stereocenters. The highest BCUT2D eigenvalue weighted by molar-refractivity contribution is 7.99. The Hall–Kier alpha value is -0.260. The van der Waals surface area contributed by atoms with Crippen LogP contribution in [0.3, 0.4) is 0 Å². The van der Waals surface area contributed by atoms with Crippen LogP contribution in [0.15, 0.2) is 0 Å². The van der Waals surface area contributed by atoms with Crippen molar-refractivity contribution >= 4 is 17.7 Å². The number of nitrogens with zero attached hydrogens (tertiary/aromatic N) is 1. The molecule has 0 aromatic carbocycles. The number of thioether (sulfide) groups is 1. The Balaban J connectivity index is 2.01. The van der Waals surface area contributed by atoms with Gasteiger partial charge in [0, 0.05) is 43.7 Å². The third kappa shape index (κ3) is 6.61. The highest BCUT2D eigenvalue weighted by Gasteiger charge is 2.11. The second kappa shape index (κ2) is 8.77. The second-order valence-corrected chi connectivity index (χ2v) is 6.46. The molecule has 1 aliphatic rings. The molecule has 0 bridgehead atoms. The molecule has 0 saturated carbocycles. The third-order valence-corrected chi connectivity index (χ3v) is 4.33. The second-order valence-electron chi connectivity index (χ2n) is 5.23. The van der Waals surface area contributed by atoms with Gasteiger partial charge in [-0.2, -0.15) is 11.8 Å². The number of hydrogen-bond acceptors (Lipinski definition) is 4. The largest absolute Gasteiger partial charge is 0.352 e. The van der Waals surface area contributed by atoms with Crippen molar-refractivity contribution in [2.24, 2.45) is 5.92 Å². The first-order valence-corrected chi connectivity index (χ1v) is 8.05. The average Bonchev–Trinajstić information content (AvgIpc) is 2.35. The first kappa shape index (κ1) is 15.8. The summed E-state index contributed by atoms with van der Waals surface area (Å²) in [6.07, 6.45) is 0. The van der Waals surface area contributed by atoms with E-state index in [0.29, 0.717) is 12.5 Å². The number of nitrogens with one attached hydrogen (secondary N) is 2. The van der Waals surface area contributed by atoms with Crippen LogP contribution in [0.4, 0.5) is 0 Å². The van der Waals surface area contributed by atoms with Gasteiger partial charge in [-0.1, -0.05) is 13.8 Å². The molecular formula is C13H27N3OS. The number of carbonyl (C=O) groups is 1. The molecule has 1 unspecified atom stereocenters. The van der Waals surface area contributed by atoms with E-state index in [0.717, 1.165) is 13.1 Å². The Kier molecular flexibility index (Phi) is 7.70. The molecular weight excluding hydrogens is 246 g/mol. The third-order valence-electron chi connectivity index (χ3n) is 3.38. The van der Waals surface area contributed by atoms with Crippen molar-refractivity contribution in [3.63, 3.8) is 0 Å². The van der Waals surface area contributed by atoms with E-state index in [4.69, 9.17) is 0 Å². The van der Waals surface area contributed by atoms with E-state index in [-0.39, 0.29) is 11.9 Å². The van der Waals surface area contributed by atoms with E-state index in [9.17, 15) is 4.79 Å². The summed E-state index contributed by atoms with van der Waals surface area (Å²) in [4.78, 5) is 14.1. The maximum Gasteiger partial charge on any atom is 0.234 e. The molecule has 1 saturated heterocycles. The molecule has 1 fully saturated rings. The molecule has 1 aliphatic heterocycles. The molecule has 2 N–H and O–H groups in total. The van der Waals surface area contributed by atoms with Crippen LogP contribution in [-0.4, -0.2) is 61.1 Å². The smallest absolute Gasteiger partial charge is 0.234 e. The van der Waals surface area contributed by atoms with Crippen LogP contribution in [0.2, 0.25) is 0 Å². The maximum atomic E-state index is 11.6. The minimum Gasteiger partial charge on any atom is -0.352 e. The van der Waals surface area contributed by atoms with Gasteiger partial charge in [0.25, 0.3) is 0 Å². The van der Waals surface area contributed by atoms with Crippen LogP contribution in [-0.2, 0) is 4.79 Å². The topological polar surface area (TPSA) is 44.4 Å². The van der Waals surface area contributed by atoms with Gasteiger partial charge < -0.3 is 15.5 Å². The normalized spacial score (nSPS) is 18.9. The van der Waals surface area contributed by atoms with Gasteiger partial charge in [-0.25, -0.2) is 0 Å². The van der Waals surface area contributed by atoms with Gasteiger partial charge in [-0.15, -0.1) is 0 Å². The minimum atomic E-state index is 0.102. The SMILES string of the molecule is CC(C)C(C)NC(=O)CNCCN1CCSCC1. The Morgan fingerprint density at radius 2 is 1.94 bits per heavy atom. The van der Waals surface area contributed by atoms with Gasteiger partial charge in [0.15, 0.2) is 0 Å². The molecule has 5 heteroatoms. The van der Waals surface area contributed by atoms with Crippen LogP contribution in [0.5, 0.6) is 0 Å². The summed E-state index contributed by atoms with van der Waals surface area (Å²) in [5, 5.41) is 6.22.